The van der Waals surface area contributed by atoms with E-state index in [0.29, 0.717) is 28.4 Å². The molecule has 0 bridgehead atoms. The molecule has 0 aliphatic heterocycles. The topological polar surface area (TPSA) is 84.4 Å². The van der Waals surface area contributed by atoms with Gasteiger partial charge in [-0.2, -0.15) is 0 Å². The van der Waals surface area contributed by atoms with E-state index >= 15 is 0 Å². The standard InChI is InChI=1S/C44H82N4OS2.3ClH/c1-32(2)13-12-14-33(3)37-17-18-38-36-16-15-34-31-35(19-22-43(34,8)39(36)20-23-44(37,38)9)51-50-30-21-40(49)48(29-25-42(6,7)46)28-11-10-26-47-27-24-41(4,5)45;;;/h15,32-33,35-39,47H,10-14,16-31,45-46H2,1-9H3;3*1H/t33?,35-,36-,37+,38-,39-,43-,44+;;;/m0.../s1. The molecule has 5 nitrogen and oxygen atoms in total. The van der Waals surface area contributed by atoms with Crippen LogP contribution in [0.25, 0.3) is 0 Å². The zero-order valence-electron chi connectivity index (χ0n) is 36.0. The van der Waals surface area contributed by atoms with Gasteiger partial charge in [0.15, 0.2) is 0 Å². The second-order valence-corrected chi connectivity index (χ2v) is 22.9. The van der Waals surface area contributed by atoms with Gasteiger partial charge in [-0.15, -0.1) is 37.2 Å². The number of carbonyl (C=O) groups excluding carboxylic acids is 1. The van der Waals surface area contributed by atoms with Crippen molar-refractivity contribution in [2.75, 3.05) is 31.9 Å². The second kappa shape index (κ2) is 23.4. The van der Waals surface area contributed by atoms with Gasteiger partial charge in [0.05, 0.1) is 0 Å². The maximum absolute atomic E-state index is 13.4. The molecule has 1 amide bonds. The van der Waals surface area contributed by atoms with Crippen LogP contribution < -0.4 is 16.8 Å². The van der Waals surface area contributed by atoms with Gasteiger partial charge in [-0.05, 0) is 164 Å². The lowest BCUT2D eigenvalue weighted by Gasteiger charge is -2.58. The minimum absolute atomic E-state index is 0. The van der Waals surface area contributed by atoms with E-state index in [9.17, 15) is 4.79 Å². The van der Waals surface area contributed by atoms with Crippen molar-refractivity contribution in [3.05, 3.63) is 11.6 Å². The second-order valence-electron chi connectivity index (χ2n) is 20.1. The largest absolute Gasteiger partial charge is 0.343 e. The van der Waals surface area contributed by atoms with Crippen molar-refractivity contribution in [3.63, 3.8) is 0 Å². The number of amides is 1. The monoisotopic (exact) mass is 855 g/mol. The highest BCUT2D eigenvalue weighted by molar-refractivity contribution is 8.76. The van der Waals surface area contributed by atoms with E-state index in [1.165, 1.54) is 70.6 Å². The number of unbranched alkanes of at least 4 members (excludes halogenated alkanes) is 1. The normalized spacial score (nSPS) is 29.8. The van der Waals surface area contributed by atoms with Crippen LogP contribution in [0.15, 0.2) is 11.6 Å². The number of hydrogen-bond acceptors (Lipinski definition) is 6. The highest BCUT2D eigenvalue weighted by Crippen LogP contribution is 2.67. The summed E-state index contributed by atoms with van der Waals surface area (Å²) in [7, 11) is 4.03. The molecule has 54 heavy (non-hydrogen) atoms. The molecule has 8 atom stereocenters. The number of nitrogens with two attached hydrogens (primary N) is 2. The molecule has 4 aliphatic rings. The first-order valence-corrected chi connectivity index (χ1v) is 23.9. The molecule has 0 aromatic rings. The third-order valence-corrected chi connectivity index (χ3v) is 17.1. The summed E-state index contributed by atoms with van der Waals surface area (Å²) in [6.45, 7) is 24.5. The summed E-state index contributed by atoms with van der Waals surface area (Å²) in [6, 6.07) is 0. The molecular weight excluding hydrogens is 771 g/mol. The Morgan fingerprint density at radius 1 is 0.889 bits per heavy atom. The Hall–Kier alpha value is 0.660. The summed E-state index contributed by atoms with van der Waals surface area (Å²) >= 11 is 0. The average molecular weight is 857 g/mol. The Balaban J connectivity index is 0.00000486. The maximum atomic E-state index is 13.4. The molecular formula is C44H85Cl3N4OS2. The van der Waals surface area contributed by atoms with Crippen LogP contribution in [-0.2, 0) is 4.79 Å². The lowest BCUT2D eigenvalue weighted by molar-refractivity contribution is -0.131. The SMILES string of the molecule is CC(C)CCCC(C)[C@H]1CC[C@H]2[C@@H]3CC=C4C[C@@H](SSCCC(=O)N(CCCCNCCC(C)(C)N)CCC(C)(C)N)CC[C@]4(C)[C@H]3CC[C@]12C.Cl.Cl.Cl. The predicted molar refractivity (Wildman–Crippen MR) is 248 cm³/mol. The summed E-state index contributed by atoms with van der Waals surface area (Å²) in [4.78, 5) is 15.5. The average Bonchev–Trinajstić information content (AvgIpc) is 3.40. The number of carbonyl (C=O) groups is 1. The third-order valence-electron chi connectivity index (χ3n) is 14.2. The van der Waals surface area contributed by atoms with Crippen LogP contribution in [0.4, 0.5) is 0 Å². The zero-order valence-corrected chi connectivity index (χ0v) is 40.1. The van der Waals surface area contributed by atoms with Crippen LogP contribution in [0.2, 0.25) is 0 Å². The van der Waals surface area contributed by atoms with Crippen molar-refractivity contribution in [3.8, 4) is 0 Å². The van der Waals surface area contributed by atoms with E-state index < -0.39 is 0 Å². The highest BCUT2D eigenvalue weighted by Gasteiger charge is 2.59. The Bertz CT molecular complexity index is 1130. The van der Waals surface area contributed by atoms with E-state index in [4.69, 9.17) is 11.5 Å². The molecule has 1 unspecified atom stereocenters. The molecule has 0 spiro atoms. The van der Waals surface area contributed by atoms with Crippen molar-refractivity contribution in [2.24, 2.45) is 57.8 Å². The predicted octanol–water partition coefficient (Wildman–Crippen LogP) is 11.9. The Kier molecular flexibility index (Phi) is 22.9. The van der Waals surface area contributed by atoms with E-state index in [0.717, 1.165) is 93.1 Å². The Labute approximate surface area is 360 Å². The van der Waals surface area contributed by atoms with Crippen molar-refractivity contribution >= 4 is 64.7 Å². The lowest BCUT2D eigenvalue weighted by atomic mass is 9.47. The van der Waals surface area contributed by atoms with Gasteiger partial charge in [-0.3, -0.25) is 4.79 Å². The van der Waals surface area contributed by atoms with Crippen LogP contribution in [0.1, 0.15) is 165 Å². The Morgan fingerprint density at radius 3 is 2.26 bits per heavy atom. The van der Waals surface area contributed by atoms with Gasteiger partial charge in [0.25, 0.3) is 0 Å². The van der Waals surface area contributed by atoms with Crippen molar-refractivity contribution in [1.29, 1.82) is 0 Å². The lowest BCUT2D eigenvalue weighted by Crippen LogP contribution is -2.50. The van der Waals surface area contributed by atoms with E-state index in [-0.39, 0.29) is 48.3 Å². The molecule has 3 fully saturated rings. The number of fused-ring (bicyclic) bond motifs is 5. The molecule has 4 rings (SSSR count). The Morgan fingerprint density at radius 2 is 1.59 bits per heavy atom. The molecule has 5 N–H and O–H groups in total. The molecule has 0 aromatic carbocycles. The first-order valence-electron chi connectivity index (χ1n) is 21.5. The summed E-state index contributed by atoms with van der Waals surface area (Å²) < 4.78 is 0. The smallest absolute Gasteiger partial charge is 0.223 e. The number of rotatable bonds is 21. The molecule has 4 aliphatic carbocycles. The van der Waals surface area contributed by atoms with Crippen LogP contribution >= 0.6 is 58.8 Å². The third kappa shape index (κ3) is 15.0. The fourth-order valence-corrected chi connectivity index (χ4v) is 13.7. The number of hydrogen-bond donors (Lipinski definition) is 3. The van der Waals surface area contributed by atoms with Gasteiger partial charge in [0, 0.05) is 41.6 Å². The number of allylic oxidation sites excluding steroid dienone is 2. The van der Waals surface area contributed by atoms with Crippen molar-refractivity contribution in [1.82, 2.24) is 10.2 Å². The van der Waals surface area contributed by atoms with Gasteiger partial charge < -0.3 is 21.7 Å². The van der Waals surface area contributed by atoms with Crippen LogP contribution in [0.5, 0.6) is 0 Å². The highest BCUT2D eigenvalue weighted by atomic mass is 35.5. The molecule has 0 radical (unpaired) electrons. The quantitative estimate of drug-likeness (QED) is 0.0606. The number of nitrogens with zero attached hydrogens (tertiary/aromatic N) is 1. The molecule has 0 heterocycles. The summed E-state index contributed by atoms with van der Waals surface area (Å²) in [5.74, 6) is 6.58. The van der Waals surface area contributed by atoms with Gasteiger partial charge in [0.1, 0.15) is 0 Å². The maximum Gasteiger partial charge on any atom is 0.223 e. The van der Waals surface area contributed by atoms with Gasteiger partial charge in [-0.1, -0.05) is 87.1 Å². The molecule has 3 saturated carbocycles. The molecule has 10 heteroatoms. The van der Waals surface area contributed by atoms with Crippen LogP contribution in [-0.4, -0.2) is 59.1 Å². The fourth-order valence-electron chi connectivity index (χ4n) is 11.0. The van der Waals surface area contributed by atoms with Crippen molar-refractivity contribution in [2.45, 2.75) is 181 Å². The summed E-state index contributed by atoms with van der Waals surface area (Å²) in [6.07, 6.45) is 22.7. The summed E-state index contributed by atoms with van der Waals surface area (Å²) in [5.41, 5.74) is 14.8. The number of halogens is 3. The fraction of sp³-hybridized carbons (Fsp3) is 0.932. The minimum Gasteiger partial charge on any atom is -0.343 e. The first-order chi connectivity index (χ1) is 23.9. The molecule has 0 saturated heterocycles. The van der Waals surface area contributed by atoms with E-state index in [2.05, 4.69) is 89.4 Å². The molecule has 0 aromatic heterocycles. The summed E-state index contributed by atoms with van der Waals surface area (Å²) in [5, 5.41) is 4.20. The van der Waals surface area contributed by atoms with Gasteiger partial charge >= 0.3 is 0 Å². The molecule has 320 valence electrons. The van der Waals surface area contributed by atoms with Crippen LogP contribution in [0, 0.1) is 46.3 Å². The number of nitrogens with one attached hydrogen (secondary N) is 1. The van der Waals surface area contributed by atoms with Crippen LogP contribution in [0.3, 0.4) is 0 Å². The zero-order chi connectivity index (χ0) is 37.5. The first kappa shape index (κ1) is 52.7. The van der Waals surface area contributed by atoms with E-state index in [1.807, 2.05) is 10.8 Å². The van der Waals surface area contributed by atoms with Gasteiger partial charge in [-0.25, -0.2) is 0 Å². The van der Waals surface area contributed by atoms with Gasteiger partial charge in [0.2, 0.25) is 5.91 Å². The minimum atomic E-state index is -0.259. The van der Waals surface area contributed by atoms with E-state index in [1.54, 1.807) is 5.57 Å². The van der Waals surface area contributed by atoms with Crippen molar-refractivity contribution < 1.29 is 4.79 Å².